The van der Waals surface area contributed by atoms with Crippen LogP contribution in [0, 0.1) is 5.82 Å². The van der Waals surface area contributed by atoms with Crippen LogP contribution in [0.3, 0.4) is 0 Å². The highest BCUT2D eigenvalue weighted by atomic mass is 19.1. The van der Waals surface area contributed by atoms with E-state index in [0.717, 1.165) is 24.3 Å². The lowest BCUT2D eigenvalue weighted by Crippen LogP contribution is -2.12. The molecule has 0 amide bonds. The molecular formula is C14H16FNO. The highest BCUT2D eigenvalue weighted by Gasteiger charge is 2.05. The third kappa shape index (κ3) is 3.17. The summed E-state index contributed by atoms with van der Waals surface area (Å²) in [7, 11) is 0. The number of rotatable bonds is 5. The van der Waals surface area contributed by atoms with Gasteiger partial charge in [0.25, 0.3) is 0 Å². The molecule has 0 saturated carbocycles. The molecule has 1 N–H and O–H groups in total. The molecule has 0 aliphatic heterocycles. The van der Waals surface area contributed by atoms with Crippen LogP contribution in [-0.4, -0.2) is 6.54 Å². The second-order valence-corrected chi connectivity index (χ2v) is 3.95. The maximum atomic E-state index is 13.1. The number of furan rings is 1. The molecule has 0 atom stereocenters. The van der Waals surface area contributed by atoms with Gasteiger partial charge in [0.2, 0.25) is 0 Å². The Morgan fingerprint density at radius 1 is 1.24 bits per heavy atom. The SMILES string of the molecule is CCCNCc1ccc(-c2cccc(F)c2)o1. The summed E-state index contributed by atoms with van der Waals surface area (Å²) in [6, 6.07) is 10.2. The van der Waals surface area contributed by atoms with Crippen LogP contribution in [-0.2, 0) is 6.54 Å². The molecule has 0 bridgehead atoms. The first-order chi connectivity index (χ1) is 8.29. The molecular weight excluding hydrogens is 217 g/mol. The minimum Gasteiger partial charge on any atom is -0.460 e. The molecule has 90 valence electrons. The van der Waals surface area contributed by atoms with Crippen LogP contribution in [0.5, 0.6) is 0 Å². The Hall–Kier alpha value is -1.61. The Morgan fingerprint density at radius 2 is 2.12 bits per heavy atom. The van der Waals surface area contributed by atoms with Crippen molar-refractivity contribution >= 4 is 0 Å². The van der Waals surface area contributed by atoms with Gasteiger partial charge in [-0.3, -0.25) is 0 Å². The van der Waals surface area contributed by atoms with Gasteiger partial charge in [0.1, 0.15) is 17.3 Å². The average molecular weight is 233 g/mol. The van der Waals surface area contributed by atoms with Gasteiger partial charge >= 0.3 is 0 Å². The van der Waals surface area contributed by atoms with E-state index in [1.54, 1.807) is 6.07 Å². The zero-order chi connectivity index (χ0) is 12.1. The summed E-state index contributed by atoms with van der Waals surface area (Å²) in [4.78, 5) is 0. The molecule has 3 heteroatoms. The Bertz CT molecular complexity index is 479. The molecule has 17 heavy (non-hydrogen) atoms. The van der Waals surface area contributed by atoms with E-state index in [1.807, 2.05) is 18.2 Å². The van der Waals surface area contributed by atoms with Gasteiger partial charge in [-0.2, -0.15) is 0 Å². The number of halogens is 1. The van der Waals surface area contributed by atoms with E-state index in [1.165, 1.54) is 12.1 Å². The maximum Gasteiger partial charge on any atom is 0.134 e. The van der Waals surface area contributed by atoms with Crippen LogP contribution in [0.25, 0.3) is 11.3 Å². The molecule has 2 rings (SSSR count). The lowest BCUT2D eigenvalue weighted by molar-refractivity contribution is 0.493. The Kier molecular flexibility index (Phi) is 3.94. The molecule has 0 aliphatic rings. The summed E-state index contributed by atoms with van der Waals surface area (Å²) in [6.45, 7) is 3.80. The Labute approximate surface area is 100 Å². The predicted octanol–water partition coefficient (Wildman–Crippen LogP) is 3.59. The molecule has 1 aromatic heterocycles. The number of nitrogens with one attached hydrogen (secondary N) is 1. The van der Waals surface area contributed by atoms with Crippen molar-refractivity contribution in [3.05, 3.63) is 48.0 Å². The zero-order valence-electron chi connectivity index (χ0n) is 9.87. The second-order valence-electron chi connectivity index (χ2n) is 3.95. The van der Waals surface area contributed by atoms with Crippen molar-refractivity contribution in [3.8, 4) is 11.3 Å². The van der Waals surface area contributed by atoms with E-state index in [0.29, 0.717) is 12.3 Å². The molecule has 2 nitrogen and oxygen atoms in total. The predicted molar refractivity (Wildman–Crippen MR) is 66.1 cm³/mol. The van der Waals surface area contributed by atoms with E-state index in [9.17, 15) is 4.39 Å². The van der Waals surface area contributed by atoms with Crippen LogP contribution in [0.2, 0.25) is 0 Å². The summed E-state index contributed by atoms with van der Waals surface area (Å²) in [5.74, 6) is 1.33. The van der Waals surface area contributed by atoms with Crippen molar-refractivity contribution in [1.82, 2.24) is 5.32 Å². The van der Waals surface area contributed by atoms with E-state index >= 15 is 0 Å². The second kappa shape index (κ2) is 5.64. The van der Waals surface area contributed by atoms with Crippen molar-refractivity contribution in [2.45, 2.75) is 19.9 Å². The number of benzene rings is 1. The lowest BCUT2D eigenvalue weighted by Gasteiger charge is -2.00. The summed E-state index contributed by atoms with van der Waals surface area (Å²) in [6.07, 6.45) is 1.09. The molecule has 1 aromatic carbocycles. The highest BCUT2D eigenvalue weighted by Crippen LogP contribution is 2.22. The van der Waals surface area contributed by atoms with Crippen molar-refractivity contribution in [3.63, 3.8) is 0 Å². The number of hydrogen-bond donors (Lipinski definition) is 1. The molecule has 2 aromatic rings. The first kappa shape index (κ1) is 11.9. The van der Waals surface area contributed by atoms with Crippen molar-refractivity contribution in [2.75, 3.05) is 6.54 Å². The number of hydrogen-bond acceptors (Lipinski definition) is 2. The summed E-state index contributed by atoms with van der Waals surface area (Å²) >= 11 is 0. The molecule has 0 aliphatic carbocycles. The van der Waals surface area contributed by atoms with Gasteiger partial charge in [-0.05, 0) is 37.2 Å². The summed E-state index contributed by atoms with van der Waals surface area (Å²) in [5, 5.41) is 3.26. The van der Waals surface area contributed by atoms with Gasteiger partial charge in [0, 0.05) is 5.56 Å². The average Bonchev–Trinajstić information content (AvgIpc) is 2.78. The minimum absolute atomic E-state index is 0.246. The largest absolute Gasteiger partial charge is 0.460 e. The highest BCUT2D eigenvalue weighted by molar-refractivity contribution is 5.57. The van der Waals surface area contributed by atoms with E-state index < -0.39 is 0 Å². The standard InChI is InChI=1S/C14H16FNO/c1-2-8-16-10-13-6-7-14(17-13)11-4-3-5-12(15)9-11/h3-7,9,16H,2,8,10H2,1H3. The fraction of sp³-hybridized carbons (Fsp3) is 0.286. The normalized spacial score (nSPS) is 10.7. The van der Waals surface area contributed by atoms with Gasteiger partial charge < -0.3 is 9.73 Å². The smallest absolute Gasteiger partial charge is 0.134 e. The van der Waals surface area contributed by atoms with Crippen LogP contribution < -0.4 is 5.32 Å². The van der Waals surface area contributed by atoms with Gasteiger partial charge in [-0.25, -0.2) is 4.39 Å². The van der Waals surface area contributed by atoms with Gasteiger partial charge in [0.15, 0.2) is 0 Å². The quantitative estimate of drug-likeness (QED) is 0.798. The van der Waals surface area contributed by atoms with Gasteiger partial charge in [-0.1, -0.05) is 19.1 Å². The Morgan fingerprint density at radius 3 is 2.88 bits per heavy atom. The van der Waals surface area contributed by atoms with E-state index in [4.69, 9.17) is 4.42 Å². The minimum atomic E-state index is -0.246. The third-order valence-corrected chi connectivity index (χ3v) is 2.50. The van der Waals surface area contributed by atoms with E-state index in [-0.39, 0.29) is 5.82 Å². The maximum absolute atomic E-state index is 13.1. The van der Waals surface area contributed by atoms with Crippen molar-refractivity contribution < 1.29 is 8.81 Å². The monoisotopic (exact) mass is 233 g/mol. The van der Waals surface area contributed by atoms with Crippen LogP contribution in [0.4, 0.5) is 4.39 Å². The lowest BCUT2D eigenvalue weighted by atomic mass is 10.2. The molecule has 0 unspecified atom stereocenters. The van der Waals surface area contributed by atoms with Crippen LogP contribution >= 0.6 is 0 Å². The molecule has 1 heterocycles. The Balaban J connectivity index is 2.07. The summed E-state index contributed by atoms with van der Waals surface area (Å²) < 4.78 is 18.7. The summed E-state index contributed by atoms with van der Waals surface area (Å²) in [5.41, 5.74) is 0.770. The fourth-order valence-electron chi connectivity index (χ4n) is 1.66. The van der Waals surface area contributed by atoms with Crippen LogP contribution in [0.15, 0.2) is 40.8 Å². The first-order valence-corrected chi connectivity index (χ1v) is 5.85. The van der Waals surface area contributed by atoms with Crippen molar-refractivity contribution in [1.29, 1.82) is 0 Å². The van der Waals surface area contributed by atoms with E-state index in [2.05, 4.69) is 12.2 Å². The zero-order valence-corrected chi connectivity index (χ0v) is 9.87. The molecule has 0 radical (unpaired) electrons. The molecule has 0 spiro atoms. The molecule has 0 fully saturated rings. The topological polar surface area (TPSA) is 25.2 Å². The van der Waals surface area contributed by atoms with Crippen molar-refractivity contribution in [2.24, 2.45) is 0 Å². The third-order valence-electron chi connectivity index (χ3n) is 2.50. The fourth-order valence-corrected chi connectivity index (χ4v) is 1.66. The van der Waals surface area contributed by atoms with Gasteiger partial charge in [0.05, 0.1) is 6.54 Å². The van der Waals surface area contributed by atoms with Gasteiger partial charge in [-0.15, -0.1) is 0 Å². The molecule has 0 saturated heterocycles. The first-order valence-electron chi connectivity index (χ1n) is 5.85. The van der Waals surface area contributed by atoms with Crippen LogP contribution in [0.1, 0.15) is 19.1 Å².